The monoisotopic (exact) mass is 403 g/mol. The Bertz CT molecular complexity index is 706. The molecular weight excluding hydrogens is 370 g/mol. The minimum Gasteiger partial charge on any atom is -0.444 e. The molecule has 3 amide bonds. The Kier molecular flexibility index (Phi) is 8.49. The molecule has 0 atom stereocenters. The van der Waals surface area contributed by atoms with Gasteiger partial charge in [0.15, 0.2) is 0 Å². The number of anilines is 1. The Hall–Kier alpha value is -2.57. The van der Waals surface area contributed by atoms with Crippen LogP contribution in [0, 0.1) is 5.92 Å². The second-order valence-corrected chi connectivity index (χ2v) is 8.44. The highest BCUT2D eigenvalue weighted by Gasteiger charge is 2.21. The zero-order valence-corrected chi connectivity index (χ0v) is 17.7. The summed E-state index contributed by atoms with van der Waals surface area (Å²) in [7, 11) is 0. The Balaban J connectivity index is 1.79. The molecule has 0 spiro atoms. The fraction of sp³-hybridized carbons (Fsp3) is 0.591. The molecule has 0 bridgehead atoms. The molecule has 1 aliphatic carbocycles. The van der Waals surface area contributed by atoms with Crippen LogP contribution < -0.4 is 16.0 Å². The van der Waals surface area contributed by atoms with Gasteiger partial charge in [0.05, 0.1) is 0 Å². The number of alkyl carbamates (subject to hydrolysis) is 1. The van der Waals surface area contributed by atoms with E-state index >= 15 is 0 Å². The van der Waals surface area contributed by atoms with Gasteiger partial charge in [-0.1, -0.05) is 37.5 Å². The summed E-state index contributed by atoms with van der Waals surface area (Å²) in [4.78, 5) is 36.2. The first-order chi connectivity index (χ1) is 13.7. The topological polar surface area (TPSA) is 96.5 Å². The summed E-state index contributed by atoms with van der Waals surface area (Å²) >= 11 is 0. The van der Waals surface area contributed by atoms with Gasteiger partial charge in [-0.15, -0.1) is 0 Å². The molecule has 160 valence electrons. The zero-order valence-electron chi connectivity index (χ0n) is 17.7. The first kappa shape index (κ1) is 22.7. The van der Waals surface area contributed by atoms with E-state index in [1.807, 2.05) is 18.2 Å². The lowest BCUT2D eigenvalue weighted by molar-refractivity contribution is -0.126. The van der Waals surface area contributed by atoms with Crippen LogP contribution in [-0.2, 0) is 20.9 Å². The first-order valence-corrected chi connectivity index (χ1v) is 10.4. The van der Waals surface area contributed by atoms with E-state index in [0.717, 1.165) is 31.2 Å². The van der Waals surface area contributed by atoms with Gasteiger partial charge in [0.1, 0.15) is 5.60 Å². The van der Waals surface area contributed by atoms with Crippen LogP contribution in [0.2, 0.25) is 0 Å². The molecule has 0 saturated heterocycles. The van der Waals surface area contributed by atoms with Gasteiger partial charge < -0.3 is 20.7 Å². The van der Waals surface area contributed by atoms with Crippen molar-refractivity contribution in [3.05, 3.63) is 29.8 Å². The molecule has 0 radical (unpaired) electrons. The molecule has 7 nitrogen and oxygen atoms in total. The first-order valence-electron chi connectivity index (χ1n) is 10.4. The van der Waals surface area contributed by atoms with E-state index in [9.17, 15) is 14.4 Å². The highest BCUT2D eigenvalue weighted by atomic mass is 16.6. The number of benzene rings is 1. The standard InChI is InChI=1S/C22H33N3O4/c1-22(2,3)29-21(28)23-14-13-19(26)25-18-12-8-7-11-17(18)15-24-20(27)16-9-5-4-6-10-16/h7-8,11-12,16H,4-6,9-10,13-15H2,1-3H3,(H,23,28)(H,24,27)(H,25,26). The lowest BCUT2D eigenvalue weighted by Crippen LogP contribution is -2.34. The third-order valence-corrected chi connectivity index (χ3v) is 4.74. The Labute approximate surface area is 173 Å². The quantitative estimate of drug-likeness (QED) is 0.646. The number of hydrogen-bond acceptors (Lipinski definition) is 4. The van der Waals surface area contributed by atoms with Gasteiger partial charge in [-0.25, -0.2) is 4.79 Å². The minimum absolute atomic E-state index is 0.0902. The van der Waals surface area contributed by atoms with Crippen molar-refractivity contribution in [2.75, 3.05) is 11.9 Å². The summed E-state index contributed by atoms with van der Waals surface area (Å²) in [6, 6.07) is 7.40. The summed E-state index contributed by atoms with van der Waals surface area (Å²) in [5.74, 6) is -0.0241. The van der Waals surface area contributed by atoms with Crippen molar-refractivity contribution in [3.8, 4) is 0 Å². The Morgan fingerprint density at radius 1 is 1.03 bits per heavy atom. The van der Waals surface area contributed by atoms with Gasteiger partial charge in [-0.3, -0.25) is 9.59 Å². The number of ether oxygens (including phenoxy) is 1. The highest BCUT2D eigenvalue weighted by Crippen LogP contribution is 2.24. The van der Waals surface area contributed by atoms with Gasteiger partial charge in [-0.2, -0.15) is 0 Å². The fourth-order valence-electron chi connectivity index (χ4n) is 3.29. The normalized spacial score (nSPS) is 14.7. The van der Waals surface area contributed by atoms with Gasteiger partial charge in [-0.05, 0) is 45.2 Å². The van der Waals surface area contributed by atoms with Crippen molar-refractivity contribution < 1.29 is 19.1 Å². The van der Waals surface area contributed by atoms with Gasteiger partial charge in [0, 0.05) is 31.1 Å². The summed E-state index contributed by atoms with van der Waals surface area (Å²) in [5, 5.41) is 8.42. The fourth-order valence-corrected chi connectivity index (χ4v) is 3.29. The minimum atomic E-state index is -0.576. The summed E-state index contributed by atoms with van der Waals surface area (Å²) in [6.45, 7) is 5.90. The molecule has 2 rings (SSSR count). The van der Waals surface area contributed by atoms with E-state index in [1.54, 1.807) is 26.8 Å². The Morgan fingerprint density at radius 3 is 2.41 bits per heavy atom. The molecular formula is C22H33N3O4. The molecule has 1 aliphatic rings. The molecule has 1 aromatic carbocycles. The van der Waals surface area contributed by atoms with Crippen LogP contribution in [0.3, 0.4) is 0 Å². The smallest absolute Gasteiger partial charge is 0.407 e. The maximum Gasteiger partial charge on any atom is 0.407 e. The van der Waals surface area contributed by atoms with E-state index in [2.05, 4.69) is 16.0 Å². The molecule has 1 saturated carbocycles. The van der Waals surface area contributed by atoms with E-state index in [1.165, 1.54) is 6.42 Å². The van der Waals surface area contributed by atoms with Crippen molar-refractivity contribution in [3.63, 3.8) is 0 Å². The van der Waals surface area contributed by atoms with Crippen LogP contribution in [0.4, 0.5) is 10.5 Å². The molecule has 0 heterocycles. The number of rotatable bonds is 7. The molecule has 0 unspecified atom stereocenters. The maximum atomic E-state index is 12.4. The molecule has 0 aromatic heterocycles. The third-order valence-electron chi connectivity index (χ3n) is 4.74. The lowest BCUT2D eigenvalue weighted by atomic mass is 9.88. The molecule has 0 aliphatic heterocycles. The number of hydrogen-bond donors (Lipinski definition) is 3. The molecule has 7 heteroatoms. The predicted molar refractivity (Wildman–Crippen MR) is 112 cm³/mol. The molecule has 1 aromatic rings. The van der Waals surface area contributed by atoms with Gasteiger partial charge >= 0.3 is 6.09 Å². The number of carbonyl (C=O) groups is 3. The van der Waals surface area contributed by atoms with E-state index in [4.69, 9.17) is 4.74 Å². The third kappa shape index (κ3) is 8.54. The largest absolute Gasteiger partial charge is 0.444 e. The second kappa shape index (κ2) is 10.8. The average molecular weight is 404 g/mol. The maximum absolute atomic E-state index is 12.4. The van der Waals surface area contributed by atoms with Crippen molar-refractivity contribution in [1.82, 2.24) is 10.6 Å². The highest BCUT2D eigenvalue weighted by molar-refractivity contribution is 5.92. The number of carbonyl (C=O) groups excluding carboxylic acids is 3. The predicted octanol–water partition coefficient (Wildman–Crippen LogP) is 3.74. The van der Waals surface area contributed by atoms with Crippen LogP contribution in [0.15, 0.2) is 24.3 Å². The summed E-state index contributed by atoms with van der Waals surface area (Å²) in [6.07, 6.45) is 4.92. The molecule has 29 heavy (non-hydrogen) atoms. The van der Waals surface area contributed by atoms with Crippen LogP contribution in [0.25, 0.3) is 0 Å². The van der Waals surface area contributed by atoms with E-state index in [-0.39, 0.29) is 30.7 Å². The van der Waals surface area contributed by atoms with E-state index in [0.29, 0.717) is 12.2 Å². The molecule has 1 fully saturated rings. The van der Waals surface area contributed by atoms with Crippen molar-refractivity contribution in [2.45, 2.75) is 71.4 Å². The van der Waals surface area contributed by atoms with Gasteiger partial charge in [0.25, 0.3) is 0 Å². The van der Waals surface area contributed by atoms with Crippen LogP contribution in [0.5, 0.6) is 0 Å². The number of nitrogens with one attached hydrogen (secondary N) is 3. The molecule has 3 N–H and O–H groups in total. The van der Waals surface area contributed by atoms with Crippen molar-refractivity contribution in [2.24, 2.45) is 5.92 Å². The SMILES string of the molecule is CC(C)(C)OC(=O)NCCC(=O)Nc1ccccc1CNC(=O)C1CCCCC1. The van der Waals surface area contributed by atoms with Crippen molar-refractivity contribution >= 4 is 23.6 Å². The Morgan fingerprint density at radius 2 is 1.72 bits per heavy atom. The summed E-state index contributed by atoms with van der Waals surface area (Å²) < 4.78 is 5.14. The van der Waals surface area contributed by atoms with Crippen LogP contribution >= 0.6 is 0 Å². The van der Waals surface area contributed by atoms with Crippen LogP contribution in [-0.4, -0.2) is 30.1 Å². The lowest BCUT2D eigenvalue weighted by Gasteiger charge is -2.21. The van der Waals surface area contributed by atoms with E-state index < -0.39 is 11.7 Å². The average Bonchev–Trinajstić information content (AvgIpc) is 2.66. The second-order valence-electron chi connectivity index (χ2n) is 8.44. The van der Waals surface area contributed by atoms with Crippen molar-refractivity contribution in [1.29, 1.82) is 0 Å². The zero-order chi connectivity index (χ0) is 21.3. The van der Waals surface area contributed by atoms with Gasteiger partial charge in [0.2, 0.25) is 11.8 Å². The van der Waals surface area contributed by atoms with Crippen LogP contribution in [0.1, 0.15) is 64.9 Å². The number of amides is 3. The number of para-hydroxylation sites is 1. The summed E-state index contributed by atoms with van der Waals surface area (Å²) in [5.41, 5.74) is 0.941.